The molecule has 0 amide bonds. The number of hydrogen-bond acceptors (Lipinski definition) is 2. The third kappa shape index (κ3) is 2.14. The molecule has 0 aliphatic heterocycles. The van der Waals surface area contributed by atoms with Crippen LogP contribution in [0.5, 0.6) is 0 Å². The second-order valence-electron chi connectivity index (χ2n) is 6.06. The van der Waals surface area contributed by atoms with E-state index in [1.54, 1.807) is 0 Å². The number of pyridine rings is 1. The Morgan fingerprint density at radius 1 is 1.32 bits per heavy atom. The minimum atomic E-state index is 0.430. The molecule has 4 heteroatoms. The zero-order valence-corrected chi connectivity index (χ0v) is 12.5. The average molecular weight is 278 g/mol. The van der Waals surface area contributed by atoms with Crippen molar-refractivity contribution in [3.05, 3.63) is 23.7 Å². The molecule has 19 heavy (non-hydrogen) atoms. The SMILES string of the molecule is Cc1ccc2nc(CCl)n(CC3(C(C)C)CC3)c2n1. The number of aryl methyl sites for hydroxylation is 1. The van der Waals surface area contributed by atoms with Gasteiger partial charge in [-0.1, -0.05) is 13.8 Å². The van der Waals surface area contributed by atoms with Gasteiger partial charge in [-0.25, -0.2) is 9.97 Å². The molecule has 0 saturated heterocycles. The van der Waals surface area contributed by atoms with Gasteiger partial charge in [0.1, 0.15) is 11.3 Å². The highest BCUT2D eigenvalue weighted by Crippen LogP contribution is 2.53. The zero-order chi connectivity index (χ0) is 13.6. The van der Waals surface area contributed by atoms with Crippen LogP contribution in [0.2, 0.25) is 0 Å². The Kier molecular flexibility index (Phi) is 3.05. The molecule has 102 valence electrons. The zero-order valence-electron chi connectivity index (χ0n) is 11.8. The quantitative estimate of drug-likeness (QED) is 0.793. The van der Waals surface area contributed by atoms with Gasteiger partial charge in [0, 0.05) is 12.2 Å². The lowest BCUT2D eigenvalue weighted by Gasteiger charge is -2.21. The third-order valence-electron chi connectivity index (χ3n) is 4.52. The molecule has 3 rings (SSSR count). The molecular formula is C15H20ClN3. The van der Waals surface area contributed by atoms with Crippen molar-refractivity contribution in [3.63, 3.8) is 0 Å². The summed E-state index contributed by atoms with van der Waals surface area (Å²) in [7, 11) is 0. The Labute approximate surface area is 119 Å². The molecule has 0 radical (unpaired) electrons. The summed E-state index contributed by atoms with van der Waals surface area (Å²) >= 11 is 6.06. The lowest BCUT2D eigenvalue weighted by molar-refractivity contribution is 0.309. The summed E-state index contributed by atoms with van der Waals surface area (Å²) < 4.78 is 2.24. The van der Waals surface area contributed by atoms with Crippen LogP contribution in [0, 0.1) is 18.3 Å². The lowest BCUT2D eigenvalue weighted by Crippen LogP contribution is -2.19. The molecule has 0 aromatic carbocycles. The molecule has 3 nitrogen and oxygen atoms in total. The smallest absolute Gasteiger partial charge is 0.160 e. The van der Waals surface area contributed by atoms with Crippen LogP contribution >= 0.6 is 11.6 Å². The van der Waals surface area contributed by atoms with Gasteiger partial charge in [-0.2, -0.15) is 0 Å². The van der Waals surface area contributed by atoms with E-state index in [-0.39, 0.29) is 0 Å². The van der Waals surface area contributed by atoms with Crippen LogP contribution in [-0.2, 0) is 12.4 Å². The molecular weight excluding hydrogens is 258 g/mol. The molecule has 1 saturated carbocycles. The molecule has 2 heterocycles. The van der Waals surface area contributed by atoms with E-state index >= 15 is 0 Å². The van der Waals surface area contributed by atoms with Gasteiger partial charge in [0.25, 0.3) is 0 Å². The summed E-state index contributed by atoms with van der Waals surface area (Å²) in [6.45, 7) is 7.64. The number of hydrogen-bond donors (Lipinski definition) is 0. The monoisotopic (exact) mass is 277 g/mol. The third-order valence-corrected chi connectivity index (χ3v) is 4.76. The van der Waals surface area contributed by atoms with Gasteiger partial charge in [0.15, 0.2) is 5.65 Å². The summed E-state index contributed by atoms with van der Waals surface area (Å²) in [6, 6.07) is 4.05. The van der Waals surface area contributed by atoms with Crippen molar-refractivity contribution >= 4 is 22.8 Å². The second-order valence-corrected chi connectivity index (χ2v) is 6.33. The highest BCUT2D eigenvalue weighted by Gasteiger charge is 2.46. The van der Waals surface area contributed by atoms with Gasteiger partial charge in [0.05, 0.1) is 5.88 Å². The van der Waals surface area contributed by atoms with Crippen molar-refractivity contribution in [1.82, 2.24) is 14.5 Å². The van der Waals surface area contributed by atoms with Crippen LogP contribution in [0.25, 0.3) is 11.2 Å². The maximum absolute atomic E-state index is 6.06. The Morgan fingerprint density at radius 3 is 2.63 bits per heavy atom. The lowest BCUT2D eigenvalue weighted by atomic mass is 9.92. The van der Waals surface area contributed by atoms with E-state index in [9.17, 15) is 0 Å². The molecule has 0 spiro atoms. The largest absolute Gasteiger partial charge is 0.311 e. The van der Waals surface area contributed by atoms with E-state index in [1.807, 2.05) is 19.1 Å². The summed E-state index contributed by atoms with van der Waals surface area (Å²) in [5.41, 5.74) is 3.41. The van der Waals surface area contributed by atoms with E-state index in [0.29, 0.717) is 17.2 Å². The fourth-order valence-electron chi connectivity index (χ4n) is 2.80. The van der Waals surface area contributed by atoms with Crippen LogP contribution in [0.3, 0.4) is 0 Å². The molecule has 0 unspecified atom stereocenters. The predicted molar refractivity (Wildman–Crippen MR) is 78.3 cm³/mol. The molecule has 1 fully saturated rings. The number of alkyl halides is 1. The normalized spacial score (nSPS) is 17.3. The van der Waals surface area contributed by atoms with Gasteiger partial charge >= 0.3 is 0 Å². The molecule has 0 atom stereocenters. The van der Waals surface area contributed by atoms with Crippen molar-refractivity contribution in [3.8, 4) is 0 Å². The number of aromatic nitrogens is 3. The van der Waals surface area contributed by atoms with Gasteiger partial charge in [-0.05, 0) is 43.2 Å². The van der Waals surface area contributed by atoms with E-state index in [2.05, 4.69) is 28.4 Å². The van der Waals surface area contributed by atoms with E-state index in [1.165, 1.54) is 12.8 Å². The Hall–Kier alpha value is -1.09. The fraction of sp³-hybridized carbons (Fsp3) is 0.600. The first-order chi connectivity index (χ1) is 9.05. The van der Waals surface area contributed by atoms with Crippen molar-refractivity contribution in [2.45, 2.75) is 46.0 Å². The van der Waals surface area contributed by atoms with Crippen LogP contribution in [0.15, 0.2) is 12.1 Å². The summed E-state index contributed by atoms with van der Waals surface area (Å²) in [5, 5.41) is 0. The first-order valence-electron chi connectivity index (χ1n) is 6.94. The van der Waals surface area contributed by atoms with Crippen molar-refractivity contribution in [1.29, 1.82) is 0 Å². The molecule has 2 aromatic rings. The van der Waals surface area contributed by atoms with Crippen molar-refractivity contribution in [2.24, 2.45) is 11.3 Å². The van der Waals surface area contributed by atoms with E-state index < -0.39 is 0 Å². The minimum Gasteiger partial charge on any atom is -0.311 e. The van der Waals surface area contributed by atoms with Crippen LogP contribution in [-0.4, -0.2) is 14.5 Å². The van der Waals surface area contributed by atoms with Gasteiger partial charge in [0.2, 0.25) is 0 Å². The van der Waals surface area contributed by atoms with Crippen LogP contribution < -0.4 is 0 Å². The summed E-state index contributed by atoms with van der Waals surface area (Å²) in [6.07, 6.45) is 2.61. The number of rotatable bonds is 4. The van der Waals surface area contributed by atoms with Gasteiger partial charge in [-0.15, -0.1) is 11.6 Å². The first kappa shape index (κ1) is 12.9. The molecule has 2 aromatic heterocycles. The van der Waals surface area contributed by atoms with E-state index in [4.69, 9.17) is 11.6 Å². The maximum atomic E-state index is 6.06. The maximum Gasteiger partial charge on any atom is 0.160 e. The highest BCUT2D eigenvalue weighted by molar-refractivity contribution is 6.16. The number of imidazole rings is 1. The number of halogens is 1. The van der Waals surface area contributed by atoms with Crippen molar-refractivity contribution < 1.29 is 0 Å². The molecule has 0 bridgehead atoms. The highest BCUT2D eigenvalue weighted by atomic mass is 35.5. The average Bonchev–Trinajstić information content (AvgIpc) is 3.09. The number of fused-ring (bicyclic) bond motifs is 1. The standard InChI is InChI=1S/C15H20ClN3/c1-10(2)15(6-7-15)9-19-13(8-16)18-12-5-4-11(3)17-14(12)19/h4-5,10H,6-9H2,1-3H3. The predicted octanol–water partition coefficient (Wildman–Crippen LogP) is 3.91. The molecule has 0 N–H and O–H groups in total. The fourth-order valence-corrected chi connectivity index (χ4v) is 3.01. The first-order valence-corrected chi connectivity index (χ1v) is 7.48. The molecule has 1 aliphatic carbocycles. The topological polar surface area (TPSA) is 30.7 Å². The Bertz CT molecular complexity index is 611. The molecule has 1 aliphatic rings. The Balaban J connectivity index is 2.08. The van der Waals surface area contributed by atoms with Crippen LogP contribution in [0.4, 0.5) is 0 Å². The second kappa shape index (κ2) is 4.48. The minimum absolute atomic E-state index is 0.430. The van der Waals surface area contributed by atoms with Gasteiger partial charge in [-0.3, -0.25) is 0 Å². The van der Waals surface area contributed by atoms with Crippen LogP contribution in [0.1, 0.15) is 38.2 Å². The Morgan fingerprint density at radius 2 is 2.05 bits per heavy atom. The summed E-state index contributed by atoms with van der Waals surface area (Å²) in [4.78, 5) is 9.27. The van der Waals surface area contributed by atoms with Crippen molar-refractivity contribution in [2.75, 3.05) is 0 Å². The van der Waals surface area contributed by atoms with E-state index in [0.717, 1.165) is 29.2 Å². The number of nitrogens with zero attached hydrogens (tertiary/aromatic N) is 3. The summed E-state index contributed by atoms with van der Waals surface area (Å²) in [5.74, 6) is 2.09. The van der Waals surface area contributed by atoms with Gasteiger partial charge < -0.3 is 4.57 Å².